The molecule has 1 saturated heterocycles. The molecule has 0 spiro atoms. The van der Waals surface area contributed by atoms with Crippen molar-refractivity contribution in [1.82, 2.24) is 4.31 Å². The third-order valence-corrected chi connectivity index (χ3v) is 6.80. The summed E-state index contributed by atoms with van der Waals surface area (Å²) in [6.07, 6.45) is 0. The number of hydrogen-bond donors (Lipinski definition) is 1. The average molecular weight is 451 g/mol. The smallest absolute Gasteiger partial charge is 0.255 e. The highest BCUT2D eigenvalue weighted by molar-refractivity contribution is 7.89. The summed E-state index contributed by atoms with van der Waals surface area (Å²) >= 11 is 0. The van der Waals surface area contributed by atoms with Gasteiger partial charge in [-0.1, -0.05) is 18.2 Å². The van der Waals surface area contributed by atoms with Crippen molar-refractivity contribution in [1.29, 1.82) is 0 Å². The molecule has 0 saturated carbocycles. The SMILES string of the molecule is O=C(Nc1ccc(N=Nc2ccccc2)cc1)c1ccc(S(=O)(=O)N2CCOCC2)cc1. The van der Waals surface area contributed by atoms with Gasteiger partial charge in [-0.3, -0.25) is 4.79 Å². The summed E-state index contributed by atoms with van der Waals surface area (Å²) in [5.74, 6) is -0.334. The van der Waals surface area contributed by atoms with E-state index in [0.29, 0.717) is 43.2 Å². The molecule has 3 aromatic carbocycles. The molecule has 4 rings (SSSR count). The van der Waals surface area contributed by atoms with E-state index >= 15 is 0 Å². The number of benzene rings is 3. The van der Waals surface area contributed by atoms with Gasteiger partial charge in [0.15, 0.2) is 0 Å². The third kappa shape index (κ3) is 5.25. The summed E-state index contributed by atoms with van der Waals surface area (Å²) in [4.78, 5) is 12.7. The van der Waals surface area contributed by atoms with E-state index < -0.39 is 10.0 Å². The van der Waals surface area contributed by atoms with Crippen LogP contribution in [0, 0.1) is 0 Å². The number of carbonyl (C=O) groups is 1. The van der Waals surface area contributed by atoms with E-state index in [2.05, 4.69) is 15.5 Å². The number of nitrogens with zero attached hydrogens (tertiary/aromatic N) is 3. The van der Waals surface area contributed by atoms with Crippen LogP contribution in [0.5, 0.6) is 0 Å². The molecule has 1 aliphatic heterocycles. The minimum atomic E-state index is -3.59. The first-order chi connectivity index (χ1) is 15.5. The van der Waals surface area contributed by atoms with Gasteiger partial charge >= 0.3 is 0 Å². The Hall–Kier alpha value is -3.40. The van der Waals surface area contributed by atoms with E-state index in [0.717, 1.165) is 5.69 Å². The molecule has 9 heteroatoms. The number of carbonyl (C=O) groups excluding carboxylic acids is 1. The Balaban J connectivity index is 1.39. The Kier molecular flexibility index (Phi) is 6.69. The van der Waals surface area contributed by atoms with E-state index in [-0.39, 0.29) is 10.8 Å². The quantitative estimate of drug-likeness (QED) is 0.563. The summed E-state index contributed by atoms with van der Waals surface area (Å²) in [5, 5.41) is 11.1. The van der Waals surface area contributed by atoms with Gasteiger partial charge in [0.05, 0.1) is 29.5 Å². The molecule has 0 atom stereocenters. The molecule has 0 aromatic heterocycles. The van der Waals surface area contributed by atoms with Crippen LogP contribution < -0.4 is 5.32 Å². The van der Waals surface area contributed by atoms with Crippen LogP contribution in [0.15, 0.2) is 94.0 Å². The van der Waals surface area contributed by atoms with Crippen LogP contribution >= 0.6 is 0 Å². The number of amides is 1. The van der Waals surface area contributed by atoms with E-state index in [9.17, 15) is 13.2 Å². The maximum absolute atomic E-state index is 12.7. The molecule has 3 aromatic rings. The van der Waals surface area contributed by atoms with Crippen molar-refractivity contribution in [3.63, 3.8) is 0 Å². The van der Waals surface area contributed by atoms with Crippen molar-refractivity contribution in [3.8, 4) is 0 Å². The molecule has 0 bridgehead atoms. The predicted molar refractivity (Wildman–Crippen MR) is 121 cm³/mol. The van der Waals surface area contributed by atoms with Gasteiger partial charge in [0.2, 0.25) is 10.0 Å². The zero-order valence-electron chi connectivity index (χ0n) is 17.2. The average Bonchev–Trinajstić information content (AvgIpc) is 2.85. The van der Waals surface area contributed by atoms with E-state index in [1.54, 1.807) is 24.3 Å². The summed E-state index contributed by atoms with van der Waals surface area (Å²) in [6, 6.07) is 22.3. The maximum atomic E-state index is 12.7. The minimum Gasteiger partial charge on any atom is -0.379 e. The van der Waals surface area contributed by atoms with Crippen molar-refractivity contribution in [2.24, 2.45) is 10.2 Å². The number of azo groups is 1. The van der Waals surface area contributed by atoms with Gasteiger partial charge in [-0.05, 0) is 60.7 Å². The van der Waals surface area contributed by atoms with Crippen molar-refractivity contribution in [2.75, 3.05) is 31.6 Å². The fourth-order valence-electron chi connectivity index (χ4n) is 3.14. The third-order valence-electron chi connectivity index (χ3n) is 4.89. The highest BCUT2D eigenvalue weighted by Gasteiger charge is 2.26. The van der Waals surface area contributed by atoms with Crippen LogP contribution in [-0.2, 0) is 14.8 Å². The lowest BCUT2D eigenvalue weighted by Crippen LogP contribution is -2.40. The molecule has 0 unspecified atom stereocenters. The molecule has 1 amide bonds. The Bertz CT molecular complexity index is 1190. The monoisotopic (exact) mass is 450 g/mol. The molecule has 164 valence electrons. The fraction of sp³-hybridized carbons (Fsp3) is 0.174. The van der Waals surface area contributed by atoms with Crippen LogP contribution in [-0.4, -0.2) is 44.9 Å². The number of rotatable bonds is 6. The van der Waals surface area contributed by atoms with Gasteiger partial charge < -0.3 is 10.1 Å². The molecule has 0 radical (unpaired) electrons. The molecule has 1 N–H and O–H groups in total. The first kappa shape index (κ1) is 21.8. The van der Waals surface area contributed by atoms with Crippen molar-refractivity contribution >= 4 is 33.0 Å². The standard InChI is InChI=1S/C23H22N4O4S/c28-23(18-6-12-22(13-7-18)32(29,30)27-14-16-31-17-15-27)24-19-8-10-21(11-9-19)26-25-20-4-2-1-3-5-20/h1-13H,14-17H2,(H,24,28). The first-order valence-corrected chi connectivity index (χ1v) is 11.5. The van der Waals surface area contributed by atoms with E-state index in [4.69, 9.17) is 4.74 Å². The summed E-state index contributed by atoms with van der Waals surface area (Å²) in [5.41, 5.74) is 2.37. The van der Waals surface area contributed by atoms with Crippen LogP contribution in [0.25, 0.3) is 0 Å². The zero-order valence-corrected chi connectivity index (χ0v) is 18.0. The second kappa shape index (κ2) is 9.82. The highest BCUT2D eigenvalue weighted by atomic mass is 32.2. The second-order valence-corrected chi connectivity index (χ2v) is 9.02. The van der Waals surface area contributed by atoms with Crippen LogP contribution in [0.4, 0.5) is 17.1 Å². The van der Waals surface area contributed by atoms with Crippen molar-refractivity contribution in [2.45, 2.75) is 4.90 Å². The molecular weight excluding hydrogens is 428 g/mol. The molecule has 1 heterocycles. The Morgan fingerprint density at radius 1 is 0.812 bits per heavy atom. The van der Waals surface area contributed by atoms with Crippen LogP contribution in [0.1, 0.15) is 10.4 Å². The maximum Gasteiger partial charge on any atom is 0.255 e. The van der Waals surface area contributed by atoms with Crippen LogP contribution in [0.2, 0.25) is 0 Å². The van der Waals surface area contributed by atoms with Gasteiger partial charge in [0.1, 0.15) is 0 Å². The number of anilines is 1. The van der Waals surface area contributed by atoms with Gasteiger partial charge in [0.25, 0.3) is 5.91 Å². The lowest BCUT2D eigenvalue weighted by atomic mass is 10.2. The van der Waals surface area contributed by atoms with E-state index in [1.165, 1.54) is 28.6 Å². The first-order valence-electron chi connectivity index (χ1n) is 10.1. The number of sulfonamides is 1. The summed E-state index contributed by atoms with van der Waals surface area (Å²) in [7, 11) is -3.59. The van der Waals surface area contributed by atoms with Gasteiger partial charge in [-0.2, -0.15) is 14.5 Å². The predicted octanol–water partition coefficient (Wildman–Crippen LogP) is 4.38. The Labute approximate surface area is 186 Å². The van der Waals surface area contributed by atoms with Crippen molar-refractivity contribution in [3.05, 3.63) is 84.4 Å². The van der Waals surface area contributed by atoms with Gasteiger partial charge in [-0.15, -0.1) is 0 Å². The lowest BCUT2D eigenvalue weighted by molar-refractivity contribution is 0.0730. The Morgan fingerprint density at radius 3 is 2.03 bits per heavy atom. The van der Waals surface area contributed by atoms with Crippen LogP contribution in [0.3, 0.4) is 0 Å². The number of hydrogen-bond acceptors (Lipinski definition) is 6. The minimum absolute atomic E-state index is 0.157. The number of ether oxygens (including phenoxy) is 1. The molecule has 0 aliphatic carbocycles. The lowest BCUT2D eigenvalue weighted by Gasteiger charge is -2.26. The van der Waals surface area contributed by atoms with Crippen molar-refractivity contribution < 1.29 is 17.9 Å². The largest absolute Gasteiger partial charge is 0.379 e. The summed E-state index contributed by atoms with van der Waals surface area (Å²) in [6.45, 7) is 1.41. The fourth-order valence-corrected chi connectivity index (χ4v) is 4.55. The molecule has 1 fully saturated rings. The number of morpholine rings is 1. The molecule has 32 heavy (non-hydrogen) atoms. The molecule has 8 nitrogen and oxygen atoms in total. The number of nitrogens with one attached hydrogen (secondary N) is 1. The van der Waals surface area contributed by atoms with E-state index in [1.807, 2.05) is 30.3 Å². The molecule has 1 aliphatic rings. The normalized spacial score (nSPS) is 15.0. The van der Waals surface area contributed by atoms with Gasteiger partial charge in [0, 0.05) is 24.3 Å². The highest BCUT2D eigenvalue weighted by Crippen LogP contribution is 2.21. The van der Waals surface area contributed by atoms with Gasteiger partial charge in [-0.25, -0.2) is 8.42 Å². The topological polar surface area (TPSA) is 100 Å². The summed E-state index contributed by atoms with van der Waals surface area (Å²) < 4.78 is 32.0. The molecular formula is C23H22N4O4S. The zero-order chi connectivity index (χ0) is 22.4. The Morgan fingerprint density at radius 2 is 1.41 bits per heavy atom. The second-order valence-electron chi connectivity index (χ2n) is 7.08.